The van der Waals surface area contributed by atoms with Crippen LogP contribution < -0.4 is 5.32 Å². The largest absolute Gasteiger partial charge is 0.380 e. The fourth-order valence-corrected chi connectivity index (χ4v) is 4.82. The van der Waals surface area contributed by atoms with Crippen molar-refractivity contribution >= 4 is 43.1 Å². The van der Waals surface area contributed by atoms with Gasteiger partial charge in [-0.25, -0.2) is 8.42 Å². The number of hydrogen-bond acceptors (Lipinski definition) is 3. The summed E-state index contributed by atoms with van der Waals surface area (Å²) >= 11 is 9.34. The van der Waals surface area contributed by atoms with E-state index in [4.69, 9.17) is 11.6 Å². The first-order chi connectivity index (χ1) is 7.98. The van der Waals surface area contributed by atoms with E-state index < -0.39 is 9.84 Å². The van der Waals surface area contributed by atoms with E-state index in [0.717, 1.165) is 11.3 Å². The van der Waals surface area contributed by atoms with Gasteiger partial charge in [0.2, 0.25) is 0 Å². The molecular formula is C11H11BrClNO2S. The van der Waals surface area contributed by atoms with Gasteiger partial charge in [-0.1, -0.05) is 39.7 Å². The molecule has 1 heterocycles. The third-order valence-corrected chi connectivity index (χ3v) is 5.60. The number of hydrogen-bond donors (Lipinski definition) is 1. The highest BCUT2D eigenvalue weighted by molar-refractivity contribution is 9.09. The SMILES string of the molecule is O=S1(=O)C=C(CNc2ccccc2Cl)[C@H](Br)C1. The van der Waals surface area contributed by atoms with Crippen LogP contribution in [0, 0.1) is 0 Å². The van der Waals surface area contributed by atoms with Crippen molar-refractivity contribution < 1.29 is 8.42 Å². The number of benzene rings is 1. The lowest BCUT2D eigenvalue weighted by molar-refractivity contribution is 0.606. The Morgan fingerprint density at radius 3 is 2.71 bits per heavy atom. The van der Waals surface area contributed by atoms with Crippen LogP contribution in [0.25, 0.3) is 0 Å². The lowest BCUT2D eigenvalue weighted by Gasteiger charge is -2.10. The van der Waals surface area contributed by atoms with Gasteiger partial charge in [-0.05, 0) is 17.7 Å². The molecule has 0 saturated carbocycles. The van der Waals surface area contributed by atoms with E-state index in [-0.39, 0.29) is 10.6 Å². The molecule has 1 aromatic rings. The van der Waals surface area contributed by atoms with Crippen LogP contribution in [0.1, 0.15) is 0 Å². The normalized spacial score (nSPS) is 22.2. The Kier molecular flexibility index (Phi) is 3.80. The Hall–Kier alpha value is -0.520. The Morgan fingerprint density at radius 1 is 1.41 bits per heavy atom. The number of anilines is 1. The molecule has 0 aromatic heterocycles. The van der Waals surface area contributed by atoms with Crippen LogP contribution >= 0.6 is 27.5 Å². The first-order valence-corrected chi connectivity index (χ1v) is 8.04. The van der Waals surface area contributed by atoms with Gasteiger partial charge in [-0.3, -0.25) is 0 Å². The number of nitrogens with one attached hydrogen (secondary N) is 1. The molecule has 0 aliphatic carbocycles. The summed E-state index contributed by atoms with van der Waals surface area (Å²) in [6.45, 7) is 0.471. The minimum Gasteiger partial charge on any atom is -0.380 e. The second-order valence-corrected chi connectivity index (χ2v) is 7.23. The number of rotatable bonds is 3. The minimum absolute atomic E-state index is 0.109. The highest BCUT2D eigenvalue weighted by atomic mass is 79.9. The van der Waals surface area contributed by atoms with Crippen molar-refractivity contribution in [3.63, 3.8) is 0 Å². The molecule has 0 saturated heterocycles. The zero-order chi connectivity index (χ0) is 12.5. The van der Waals surface area contributed by atoms with E-state index in [9.17, 15) is 8.42 Å². The Labute approximate surface area is 114 Å². The maximum absolute atomic E-state index is 11.4. The number of para-hydroxylation sites is 1. The van der Waals surface area contributed by atoms with Gasteiger partial charge in [-0.15, -0.1) is 0 Å². The summed E-state index contributed by atoms with van der Waals surface area (Å²) in [7, 11) is -3.04. The maximum Gasteiger partial charge on any atom is 0.173 e. The van der Waals surface area contributed by atoms with Crippen LogP contribution in [-0.4, -0.2) is 25.5 Å². The third kappa shape index (κ3) is 3.24. The van der Waals surface area contributed by atoms with Crippen LogP contribution in [0.15, 0.2) is 35.2 Å². The second-order valence-electron chi connectivity index (χ2n) is 3.82. The lowest BCUT2D eigenvalue weighted by atomic mass is 10.2. The highest BCUT2D eigenvalue weighted by Gasteiger charge is 2.26. The van der Waals surface area contributed by atoms with Crippen LogP contribution in [-0.2, 0) is 9.84 Å². The van der Waals surface area contributed by atoms with Gasteiger partial charge in [0, 0.05) is 12.0 Å². The highest BCUT2D eigenvalue weighted by Crippen LogP contribution is 2.26. The van der Waals surface area contributed by atoms with E-state index >= 15 is 0 Å². The van der Waals surface area contributed by atoms with Crippen molar-refractivity contribution in [2.24, 2.45) is 0 Å². The number of sulfone groups is 1. The van der Waals surface area contributed by atoms with Crippen LogP contribution in [0.3, 0.4) is 0 Å². The zero-order valence-corrected chi connectivity index (χ0v) is 12.0. The Balaban J connectivity index is 2.07. The molecule has 0 amide bonds. The van der Waals surface area contributed by atoms with Gasteiger partial charge >= 0.3 is 0 Å². The van der Waals surface area contributed by atoms with Crippen molar-refractivity contribution in [1.82, 2.24) is 0 Å². The summed E-state index contributed by atoms with van der Waals surface area (Å²) in [6.07, 6.45) is 0. The predicted octanol–water partition coefficient (Wildman–Crippen LogP) is 2.83. The average molecular weight is 337 g/mol. The molecule has 1 atom stereocenters. The summed E-state index contributed by atoms with van der Waals surface area (Å²) in [5.41, 5.74) is 1.63. The van der Waals surface area contributed by atoms with Gasteiger partial charge in [0.05, 0.1) is 21.3 Å². The monoisotopic (exact) mass is 335 g/mol. The van der Waals surface area contributed by atoms with Crippen molar-refractivity contribution in [2.45, 2.75) is 4.83 Å². The first kappa shape index (κ1) is 12.9. The number of halogens is 2. The average Bonchev–Trinajstić information content (AvgIpc) is 2.51. The molecule has 0 unspecified atom stereocenters. The topological polar surface area (TPSA) is 46.2 Å². The minimum atomic E-state index is -3.04. The zero-order valence-electron chi connectivity index (χ0n) is 8.86. The fraction of sp³-hybridized carbons (Fsp3) is 0.273. The molecule has 3 nitrogen and oxygen atoms in total. The summed E-state index contributed by atoms with van der Waals surface area (Å²) in [4.78, 5) is -0.109. The Bertz CT molecular complexity index is 556. The summed E-state index contributed by atoms with van der Waals surface area (Å²) in [5, 5.41) is 5.08. The third-order valence-electron chi connectivity index (χ3n) is 2.47. The molecule has 1 aliphatic rings. The lowest BCUT2D eigenvalue weighted by Crippen LogP contribution is -2.12. The molecule has 6 heteroatoms. The molecule has 17 heavy (non-hydrogen) atoms. The van der Waals surface area contributed by atoms with E-state index in [0.29, 0.717) is 11.6 Å². The molecule has 1 N–H and O–H groups in total. The van der Waals surface area contributed by atoms with Crippen molar-refractivity contribution in [1.29, 1.82) is 0 Å². The quantitative estimate of drug-likeness (QED) is 0.863. The van der Waals surface area contributed by atoms with Crippen molar-refractivity contribution in [3.05, 3.63) is 40.3 Å². The smallest absolute Gasteiger partial charge is 0.173 e. The molecule has 0 bridgehead atoms. The fourth-order valence-electron chi connectivity index (χ4n) is 1.62. The second kappa shape index (κ2) is 5.00. The molecule has 2 rings (SSSR count). The molecule has 1 aliphatic heterocycles. The van der Waals surface area contributed by atoms with E-state index in [1.165, 1.54) is 5.41 Å². The number of alkyl halides is 1. The molecular weight excluding hydrogens is 326 g/mol. The molecule has 0 fully saturated rings. The van der Waals surface area contributed by atoms with Gasteiger partial charge < -0.3 is 5.32 Å². The molecule has 1 aromatic carbocycles. The summed E-state index contributed by atoms with van der Waals surface area (Å²) in [5.74, 6) is 0.131. The van der Waals surface area contributed by atoms with E-state index in [2.05, 4.69) is 21.2 Å². The molecule has 0 spiro atoms. The van der Waals surface area contributed by atoms with Crippen LogP contribution in [0.2, 0.25) is 5.02 Å². The van der Waals surface area contributed by atoms with Gasteiger partial charge in [0.25, 0.3) is 0 Å². The maximum atomic E-state index is 11.4. The van der Waals surface area contributed by atoms with Gasteiger partial charge in [0.15, 0.2) is 9.84 Å². The molecule has 0 radical (unpaired) electrons. The first-order valence-electron chi connectivity index (χ1n) is 5.03. The standard InChI is InChI=1S/C11H11BrClNO2S/c12-9-7-17(15,16)6-8(9)5-14-11-4-2-1-3-10(11)13/h1-4,6,9,14H,5,7H2/t9-/m1/s1. The predicted molar refractivity (Wildman–Crippen MR) is 74.5 cm³/mol. The van der Waals surface area contributed by atoms with Gasteiger partial charge in [-0.2, -0.15) is 0 Å². The van der Waals surface area contributed by atoms with Crippen molar-refractivity contribution in [2.75, 3.05) is 17.6 Å². The van der Waals surface area contributed by atoms with E-state index in [1.54, 1.807) is 6.07 Å². The Morgan fingerprint density at radius 2 is 2.12 bits per heavy atom. The summed E-state index contributed by atoms with van der Waals surface area (Å²) < 4.78 is 22.7. The van der Waals surface area contributed by atoms with Crippen LogP contribution in [0.4, 0.5) is 5.69 Å². The van der Waals surface area contributed by atoms with Crippen molar-refractivity contribution in [3.8, 4) is 0 Å². The van der Waals surface area contributed by atoms with Crippen LogP contribution in [0.5, 0.6) is 0 Å². The summed E-state index contributed by atoms with van der Waals surface area (Å²) in [6, 6.07) is 7.37. The molecule has 92 valence electrons. The van der Waals surface area contributed by atoms with Gasteiger partial charge in [0.1, 0.15) is 0 Å². The van der Waals surface area contributed by atoms with E-state index in [1.807, 2.05) is 18.2 Å².